The molecule has 0 rings (SSSR count). The van der Waals surface area contributed by atoms with Crippen LogP contribution in [-0.2, 0) is 0 Å². The number of nitrogens with one attached hydrogen (secondary N) is 1. The lowest BCUT2D eigenvalue weighted by Gasteiger charge is -1.93. The first kappa shape index (κ1) is 6.54. The summed E-state index contributed by atoms with van der Waals surface area (Å²) in [5.41, 5.74) is 1.25. The van der Waals surface area contributed by atoms with Crippen molar-refractivity contribution in [2.45, 2.75) is 20.3 Å². The Morgan fingerprint density at radius 3 is 2.43 bits per heavy atom. The highest BCUT2D eigenvalue weighted by Gasteiger charge is 1.74. The van der Waals surface area contributed by atoms with E-state index in [1.807, 2.05) is 7.05 Å². The predicted molar refractivity (Wildman–Crippen MR) is 33.1 cm³/mol. The molecule has 0 fully saturated rings. The number of rotatable bonds is 2. The summed E-state index contributed by atoms with van der Waals surface area (Å²) in [6, 6.07) is 0. The first-order valence-corrected chi connectivity index (χ1v) is 2.65. The van der Waals surface area contributed by atoms with Gasteiger partial charge in [0.2, 0.25) is 0 Å². The van der Waals surface area contributed by atoms with Gasteiger partial charge in [0, 0.05) is 12.7 Å². The van der Waals surface area contributed by atoms with Crippen LogP contribution in [0.1, 0.15) is 20.3 Å². The molecule has 0 aliphatic heterocycles. The third kappa shape index (κ3) is 3.37. The lowest BCUT2D eigenvalue weighted by atomic mass is 10.4. The van der Waals surface area contributed by atoms with Gasteiger partial charge in [0.05, 0.1) is 0 Å². The first-order valence-electron chi connectivity index (χ1n) is 2.65. The summed E-state index contributed by atoms with van der Waals surface area (Å²) in [6.07, 6.45) is 3.27. The van der Waals surface area contributed by atoms with Gasteiger partial charge in [-0.1, -0.05) is 13.0 Å². The summed E-state index contributed by atoms with van der Waals surface area (Å²) in [6.45, 7) is 4.18. The summed E-state index contributed by atoms with van der Waals surface area (Å²) in [7, 11) is 1.93. The molecular weight excluding hydrogens is 86.1 g/mol. The van der Waals surface area contributed by atoms with E-state index < -0.39 is 0 Å². The van der Waals surface area contributed by atoms with Crippen molar-refractivity contribution in [3.8, 4) is 0 Å². The van der Waals surface area contributed by atoms with E-state index in [-0.39, 0.29) is 0 Å². The fourth-order valence-electron chi connectivity index (χ4n) is 0.408. The largest absolute Gasteiger partial charge is 0.392 e. The van der Waals surface area contributed by atoms with Crippen LogP contribution in [0.5, 0.6) is 0 Å². The normalized spacial score (nSPS) is 11.6. The zero-order valence-corrected chi connectivity index (χ0v) is 5.28. The molecule has 0 aliphatic carbocycles. The Hall–Kier alpha value is -0.460. The van der Waals surface area contributed by atoms with Crippen molar-refractivity contribution in [3.63, 3.8) is 0 Å². The van der Waals surface area contributed by atoms with Crippen LogP contribution in [0.2, 0.25) is 0 Å². The summed E-state index contributed by atoms with van der Waals surface area (Å²) in [5.74, 6) is 0. The molecule has 0 amide bonds. The van der Waals surface area contributed by atoms with Crippen molar-refractivity contribution in [1.82, 2.24) is 5.32 Å². The van der Waals surface area contributed by atoms with Crippen molar-refractivity contribution < 1.29 is 0 Å². The number of hydrogen-bond donors (Lipinski definition) is 1. The molecule has 0 aromatic carbocycles. The molecule has 0 saturated heterocycles. The van der Waals surface area contributed by atoms with E-state index in [0.717, 1.165) is 6.42 Å². The molecule has 0 aromatic heterocycles. The van der Waals surface area contributed by atoms with E-state index in [2.05, 4.69) is 25.2 Å². The van der Waals surface area contributed by atoms with Crippen molar-refractivity contribution in [2.24, 2.45) is 0 Å². The Labute approximate surface area is 45.4 Å². The van der Waals surface area contributed by atoms with Gasteiger partial charge in [-0.25, -0.2) is 0 Å². The number of allylic oxidation sites excluding steroid dienone is 2. The van der Waals surface area contributed by atoms with Crippen LogP contribution in [0.15, 0.2) is 11.8 Å². The highest BCUT2D eigenvalue weighted by Crippen LogP contribution is 1.85. The molecule has 7 heavy (non-hydrogen) atoms. The molecule has 0 atom stereocenters. The van der Waals surface area contributed by atoms with Crippen LogP contribution in [-0.4, -0.2) is 7.05 Å². The third-order valence-electron chi connectivity index (χ3n) is 0.905. The second-order valence-corrected chi connectivity index (χ2v) is 1.55. The standard InChI is InChI=1S/C6H13N/c1-4-5-6(2)7-3/h5,7H,4H2,1-3H3/b6-5+. The first-order chi connectivity index (χ1) is 3.31. The Balaban J connectivity index is 3.29. The van der Waals surface area contributed by atoms with Crippen molar-refractivity contribution in [3.05, 3.63) is 11.8 Å². The van der Waals surface area contributed by atoms with E-state index >= 15 is 0 Å². The van der Waals surface area contributed by atoms with Gasteiger partial charge in [0.25, 0.3) is 0 Å². The Morgan fingerprint density at radius 2 is 2.29 bits per heavy atom. The van der Waals surface area contributed by atoms with Gasteiger partial charge in [-0.2, -0.15) is 0 Å². The van der Waals surface area contributed by atoms with Gasteiger partial charge in [0.15, 0.2) is 0 Å². The van der Waals surface area contributed by atoms with Gasteiger partial charge >= 0.3 is 0 Å². The van der Waals surface area contributed by atoms with Crippen LogP contribution in [0, 0.1) is 0 Å². The maximum Gasteiger partial charge on any atom is 0.00318 e. The quantitative estimate of drug-likeness (QED) is 0.553. The maximum atomic E-state index is 3.03. The summed E-state index contributed by atoms with van der Waals surface area (Å²) in [4.78, 5) is 0. The minimum Gasteiger partial charge on any atom is -0.392 e. The van der Waals surface area contributed by atoms with Crippen LogP contribution in [0.25, 0.3) is 0 Å². The summed E-state index contributed by atoms with van der Waals surface area (Å²) in [5, 5.41) is 3.03. The third-order valence-corrected chi connectivity index (χ3v) is 0.905. The topological polar surface area (TPSA) is 12.0 Å². The molecule has 0 saturated carbocycles. The molecular formula is C6H13N. The molecule has 0 spiro atoms. The van der Waals surface area contributed by atoms with E-state index in [1.165, 1.54) is 5.70 Å². The van der Waals surface area contributed by atoms with E-state index in [0.29, 0.717) is 0 Å². The fraction of sp³-hybridized carbons (Fsp3) is 0.667. The Bertz CT molecular complexity index is 64.6. The molecule has 0 aliphatic rings. The maximum absolute atomic E-state index is 3.03. The molecule has 0 aromatic rings. The van der Waals surface area contributed by atoms with Crippen LogP contribution >= 0.6 is 0 Å². The molecule has 0 bridgehead atoms. The fourth-order valence-corrected chi connectivity index (χ4v) is 0.408. The average molecular weight is 99.2 g/mol. The number of hydrogen-bond acceptors (Lipinski definition) is 1. The average Bonchev–Trinajstić information content (AvgIpc) is 1.68. The van der Waals surface area contributed by atoms with E-state index in [4.69, 9.17) is 0 Å². The van der Waals surface area contributed by atoms with E-state index in [1.54, 1.807) is 0 Å². The highest BCUT2D eigenvalue weighted by molar-refractivity contribution is 4.92. The van der Waals surface area contributed by atoms with Gasteiger partial charge in [-0.05, 0) is 13.3 Å². The lowest BCUT2D eigenvalue weighted by Crippen LogP contribution is -2.00. The minimum atomic E-state index is 1.12. The van der Waals surface area contributed by atoms with Crippen molar-refractivity contribution in [1.29, 1.82) is 0 Å². The zero-order chi connectivity index (χ0) is 5.70. The molecule has 42 valence electrons. The highest BCUT2D eigenvalue weighted by atomic mass is 14.8. The SMILES string of the molecule is CC/C=C(\C)NC. The second kappa shape index (κ2) is 3.72. The lowest BCUT2D eigenvalue weighted by molar-refractivity contribution is 0.967. The predicted octanol–water partition coefficient (Wildman–Crippen LogP) is 1.52. The summed E-state index contributed by atoms with van der Waals surface area (Å²) < 4.78 is 0. The molecule has 0 unspecified atom stereocenters. The smallest absolute Gasteiger partial charge is 0.00318 e. The summed E-state index contributed by atoms with van der Waals surface area (Å²) >= 11 is 0. The molecule has 1 nitrogen and oxygen atoms in total. The van der Waals surface area contributed by atoms with Gasteiger partial charge in [-0.15, -0.1) is 0 Å². The zero-order valence-electron chi connectivity index (χ0n) is 5.28. The minimum absolute atomic E-state index is 1.12. The van der Waals surface area contributed by atoms with Crippen molar-refractivity contribution in [2.75, 3.05) is 7.05 Å². The van der Waals surface area contributed by atoms with Gasteiger partial charge < -0.3 is 5.32 Å². The Morgan fingerprint density at radius 1 is 1.71 bits per heavy atom. The Kier molecular flexibility index (Phi) is 3.48. The van der Waals surface area contributed by atoms with Crippen molar-refractivity contribution >= 4 is 0 Å². The van der Waals surface area contributed by atoms with Crippen LogP contribution in [0.3, 0.4) is 0 Å². The molecule has 0 radical (unpaired) electrons. The van der Waals surface area contributed by atoms with E-state index in [9.17, 15) is 0 Å². The monoisotopic (exact) mass is 99.1 g/mol. The second-order valence-electron chi connectivity index (χ2n) is 1.55. The molecule has 0 heterocycles. The molecule has 1 N–H and O–H groups in total. The van der Waals surface area contributed by atoms with Crippen LogP contribution in [0.4, 0.5) is 0 Å². The van der Waals surface area contributed by atoms with Gasteiger partial charge in [0.1, 0.15) is 0 Å². The van der Waals surface area contributed by atoms with Gasteiger partial charge in [-0.3, -0.25) is 0 Å². The molecule has 1 heteroatoms. The van der Waals surface area contributed by atoms with Crippen LogP contribution < -0.4 is 5.32 Å².